The summed E-state index contributed by atoms with van der Waals surface area (Å²) < 4.78 is 53.8. The minimum atomic E-state index is -1.62. The molecule has 2 heterocycles. The molecule has 0 spiro atoms. The minimum absolute atomic E-state index is 0.0311. The van der Waals surface area contributed by atoms with Crippen molar-refractivity contribution in [3.8, 4) is 11.4 Å². The molecule has 1 N–H and O–H groups in total. The van der Waals surface area contributed by atoms with E-state index in [4.69, 9.17) is 9.47 Å². The van der Waals surface area contributed by atoms with Crippen molar-refractivity contribution in [2.45, 2.75) is 26.0 Å². The first-order chi connectivity index (χ1) is 16.7. The molecule has 184 valence electrons. The van der Waals surface area contributed by atoms with E-state index in [-0.39, 0.29) is 24.5 Å². The Bertz CT molecular complexity index is 1270. The standard InChI is InChI=1S/C24H23F3N4O4/c1-13(32)23(16-10-17(25)22(27)18(26)11-16)30-6-7-35-21(24(30)33)9-15-4-5-19(20(8-15)34-3)31-12-28-14(2)29-31/h4-5,8-13,23,32H,6-7H2,1-3H3/t13-,23+/m1/s1. The molecular formula is C24H23F3N4O4. The van der Waals surface area contributed by atoms with Crippen molar-refractivity contribution < 1.29 is 32.5 Å². The Kier molecular flexibility index (Phi) is 6.79. The number of morpholine rings is 1. The van der Waals surface area contributed by atoms with Crippen LogP contribution in [0.3, 0.4) is 0 Å². The molecule has 1 aliphatic heterocycles. The maximum atomic E-state index is 13.9. The minimum Gasteiger partial charge on any atom is -0.494 e. The molecule has 1 aromatic heterocycles. The molecule has 11 heteroatoms. The van der Waals surface area contributed by atoms with E-state index in [2.05, 4.69) is 10.1 Å². The van der Waals surface area contributed by atoms with E-state index >= 15 is 0 Å². The van der Waals surface area contributed by atoms with Gasteiger partial charge in [0.15, 0.2) is 23.2 Å². The summed E-state index contributed by atoms with van der Waals surface area (Å²) in [5.74, 6) is -3.99. The van der Waals surface area contributed by atoms with Gasteiger partial charge in [-0.3, -0.25) is 4.79 Å². The first-order valence-electron chi connectivity index (χ1n) is 10.7. The third-order valence-electron chi connectivity index (χ3n) is 5.56. The Morgan fingerprint density at radius 1 is 1.20 bits per heavy atom. The fraction of sp³-hybridized carbons (Fsp3) is 0.292. The Balaban J connectivity index is 1.66. The lowest BCUT2D eigenvalue weighted by Crippen LogP contribution is -2.46. The number of aromatic nitrogens is 3. The second-order valence-corrected chi connectivity index (χ2v) is 8.01. The summed E-state index contributed by atoms with van der Waals surface area (Å²) in [5, 5.41) is 14.6. The number of hydrogen-bond acceptors (Lipinski definition) is 6. The van der Waals surface area contributed by atoms with Crippen LogP contribution in [0, 0.1) is 24.4 Å². The number of amides is 1. The maximum Gasteiger partial charge on any atom is 0.289 e. The lowest BCUT2D eigenvalue weighted by molar-refractivity contribution is -0.141. The van der Waals surface area contributed by atoms with Crippen molar-refractivity contribution in [2.24, 2.45) is 0 Å². The molecule has 35 heavy (non-hydrogen) atoms. The van der Waals surface area contributed by atoms with Crippen LogP contribution in [0.25, 0.3) is 11.8 Å². The largest absolute Gasteiger partial charge is 0.494 e. The number of methoxy groups -OCH3 is 1. The van der Waals surface area contributed by atoms with Crippen LogP contribution < -0.4 is 4.74 Å². The van der Waals surface area contributed by atoms with Gasteiger partial charge in [0.05, 0.1) is 25.8 Å². The number of benzene rings is 2. The van der Waals surface area contributed by atoms with Crippen molar-refractivity contribution in [1.29, 1.82) is 0 Å². The number of halogens is 3. The predicted molar refractivity (Wildman–Crippen MR) is 119 cm³/mol. The Morgan fingerprint density at radius 2 is 1.91 bits per heavy atom. The molecule has 1 fully saturated rings. The lowest BCUT2D eigenvalue weighted by atomic mass is 9.99. The second-order valence-electron chi connectivity index (χ2n) is 8.01. The van der Waals surface area contributed by atoms with Gasteiger partial charge in [-0.1, -0.05) is 6.07 Å². The third kappa shape index (κ3) is 4.85. The molecule has 0 unspecified atom stereocenters. The van der Waals surface area contributed by atoms with Crippen LogP contribution in [0.5, 0.6) is 5.75 Å². The van der Waals surface area contributed by atoms with Gasteiger partial charge in [0.1, 0.15) is 30.2 Å². The smallest absolute Gasteiger partial charge is 0.289 e. The summed E-state index contributed by atoms with van der Waals surface area (Å²) in [5.41, 5.74) is 1.16. The molecular weight excluding hydrogens is 465 g/mol. The highest BCUT2D eigenvalue weighted by atomic mass is 19.2. The average molecular weight is 488 g/mol. The molecule has 1 aliphatic rings. The predicted octanol–water partition coefficient (Wildman–Crippen LogP) is 3.32. The van der Waals surface area contributed by atoms with Gasteiger partial charge in [0.25, 0.3) is 5.91 Å². The number of aryl methyl sites for hydroxylation is 1. The van der Waals surface area contributed by atoms with Crippen molar-refractivity contribution >= 4 is 12.0 Å². The zero-order chi connectivity index (χ0) is 25.3. The molecule has 1 amide bonds. The molecule has 1 saturated heterocycles. The fourth-order valence-electron chi connectivity index (χ4n) is 3.98. The highest BCUT2D eigenvalue weighted by Crippen LogP contribution is 2.31. The number of carbonyl (C=O) groups is 1. The van der Waals surface area contributed by atoms with Crippen molar-refractivity contribution in [3.63, 3.8) is 0 Å². The van der Waals surface area contributed by atoms with Crippen molar-refractivity contribution in [2.75, 3.05) is 20.3 Å². The van der Waals surface area contributed by atoms with E-state index in [1.165, 1.54) is 25.0 Å². The number of rotatable bonds is 6. The van der Waals surface area contributed by atoms with Gasteiger partial charge >= 0.3 is 0 Å². The van der Waals surface area contributed by atoms with Crippen LogP contribution >= 0.6 is 0 Å². The Hall–Kier alpha value is -3.86. The zero-order valence-corrected chi connectivity index (χ0v) is 19.2. The number of ether oxygens (including phenoxy) is 2. The van der Waals surface area contributed by atoms with E-state index < -0.39 is 35.5 Å². The highest BCUT2D eigenvalue weighted by molar-refractivity contribution is 5.96. The van der Waals surface area contributed by atoms with E-state index in [0.29, 0.717) is 22.8 Å². The first kappa shape index (κ1) is 24.3. The molecule has 0 bridgehead atoms. The average Bonchev–Trinajstić information content (AvgIpc) is 3.25. The van der Waals surface area contributed by atoms with Gasteiger partial charge in [-0.25, -0.2) is 22.8 Å². The van der Waals surface area contributed by atoms with Gasteiger partial charge in [0, 0.05) is 0 Å². The zero-order valence-electron chi connectivity index (χ0n) is 19.2. The summed E-state index contributed by atoms with van der Waals surface area (Å²) >= 11 is 0. The molecule has 8 nitrogen and oxygen atoms in total. The number of aliphatic hydroxyl groups excluding tert-OH is 1. The monoisotopic (exact) mass is 488 g/mol. The maximum absolute atomic E-state index is 13.9. The summed E-state index contributed by atoms with van der Waals surface area (Å²) in [6.45, 7) is 3.28. The first-order valence-corrected chi connectivity index (χ1v) is 10.7. The van der Waals surface area contributed by atoms with Crippen LogP contribution in [0.2, 0.25) is 0 Å². The number of carbonyl (C=O) groups excluding carboxylic acids is 1. The molecule has 0 saturated carbocycles. The summed E-state index contributed by atoms with van der Waals surface area (Å²) in [7, 11) is 1.50. The van der Waals surface area contributed by atoms with E-state index in [1.807, 2.05) is 0 Å². The second kappa shape index (κ2) is 9.79. The lowest BCUT2D eigenvalue weighted by Gasteiger charge is -2.37. The van der Waals surface area contributed by atoms with E-state index in [0.717, 1.165) is 12.1 Å². The van der Waals surface area contributed by atoms with E-state index in [9.17, 15) is 23.1 Å². The summed E-state index contributed by atoms with van der Waals surface area (Å²) in [6.07, 6.45) is 1.85. The summed E-state index contributed by atoms with van der Waals surface area (Å²) in [6, 6.07) is 5.59. The Labute approximate surface area is 199 Å². The van der Waals surface area contributed by atoms with Gasteiger partial charge in [0.2, 0.25) is 0 Å². The molecule has 0 radical (unpaired) electrons. The SMILES string of the molecule is COc1cc(C=C2OCCN([C@H](c3cc(F)c(F)c(F)c3)[C@@H](C)O)C2=O)ccc1-n1cnc(C)n1. The molecule has 0 aliphatic carbocycles. The third-order valence-corrected chi connectivity index (χ3v) is 5.56. The van der Waals surface area contributed by atoms with Crippen molar-refractivity contribution in [3.05, 3.63) is 76.8 Å². The molecule has 3 aromatic rings. The quantitative estimate of drug-likeness (QED) is 0.423. The van der Waals surface area contributed by atoms with Crippen LogP contribution in [0.1, 0.15) is 29.9 Å². The number of nitrogens with zero attached hydrogens (tertiary/aromatic N) is 4. The van der Waals surface area contributed by atoms with Crippen molar-refractivity contribution in [1.82, 2.24) is 19.7 Å². The Morgan fingerprint density at radius 3 is 2.51 bits per heavy atom. The fourth-order valence-corrected chi connectivity index (χ4v) is 3.98. The molecule has 2 aromatic carbocycles. The van der Waals surface area contributed by atoms with Gasteiger partial charge in [-0.15, -0.1) is 0 Å². The van der Waals surface area contributed by atoms with Crippen LogP contribution in [-0.4, -0.2) is 57.0 Å². The van der Waals surface area contributed by atoms with Crippen LogP contribution in [0.15, 0.2) is 42.4 Å². The van der Waals surface area contributed by atoms with Crippen LogP contribution in [0.4, 0.5) is 13.2 Å². The van der Waals surface area contributed by atoms with Crippen LogP contribution in [-0.2, 0) is 9.53 Å². The van der Waals surface area contributed by atoms with Gasteiger partial charge in [-0.05, 0) is 55.3 Å². The normalized spacial score (nSPS) is 16.8. The molecule has 2 atom stereocenters. The van der Waals surface area contributed by atoms with E-state index in [1.54, 1.807) is 36.1 Å². The highest BCUT2D eigenvalue weighted by Gasteiger charge is 2.35. The van der Waals surface area contributed by atoms with Gasteiger partial charge < -0.3 is 19.5 Å². The summed E-state index contributed by atoms with van der Waals surface area (Å²) in [4.78, 5) is 18.6. The molecule has 4 rings (SSSR count). The topological polar surface area (TPSA) is 89.7 Å². The number of hydrogen-bond donors (Lipinski definition) is 1. The van der Waals surface area contributed by atoms with Gasteiger partial charge in [-0.2, -0.15) is 5.10 Å². The number of aliphatic hydroxyl groups is 1.